The molecule has 7 heteroatoms. The Kier molecular flexibility index (Phi) is 5.53. The molecule has 0 saturated carbocycles. The number of para-hydroxylation sites is 1. The van der Waals surface area contributed by atoms with E-state index in [0.29, 0.717) is 12.2 Å². The molecule has 0 atom stereocenters. The molecular weight excluding hydrogens is 352 g/mol. The fourth-order valence-electron chi connectivity index (χ4n) is 3.63. The molecule has 2 N–H and O–H groups in total. The largest absolute Gasteiger partial charge is 0.361 e. The van der Waals surface area contributed by atoms with Gasteiger partial charge < -0.3 is 20.1 Å². The summed E-state index contributed by atoms with van der Waals surface area (Å²) in [5.41, 5.74) is 2.67. The predicted octanol–water partition coefficient (Wildman–Crippen LogP) is 2.07. The van der Waals surface area contributed by atoms with Gasteiger partial charge in [0.25, 0.3) is 5.91 Å². The molecule has 4 rings (SSSR count). The second kappa shape index (κ2) is 8.39. The Bertz CT molecular complexity index is 927. The molecule has 7 nitrogen and oxygen atoms in total. The topological polar surface area (TPSA) is 77.1 Å². The maximum absolute atomic E-state index is 12.4. The van der Waals surface area contributed by atoms with E-state index >= 15 is 0 Å². The highest BCUT2D eigenvalue weighted by atomic mass is 16.1. The zero-order valence-corrected chi connectivity index (χ0v) is 16.2. The molecule has 0 aliphatic carbocycles. The highest BCUT2D eigenvalue weighted by Gasteiger charge is 2.17. The second-order valence-electron chi connectivity index (χ2n) is 7.05. The lowest BCUT2D eigenvalue weighted by molar-refractivity contribution is 0.0949. The Balaban J connectivity index is 1.30. The van der Waals surface area contributed by atoms with Crippen LogP contribution in [0.25, 0.3) is 10.9 Å². The van der Waals surface area contributed by atoms with Gasteiger partial charge in [0.1, 0.15) is 11.5 Å². The number of hydrogen-bond acceptors (Lipinski definition) is 5. The van der Waals surface area contributed by atoms with E-state index in [1.807, 2.05) is 18.3 Å². The fourth-order valence-corrected chi connectivity index (χ4v) is 3.63. The number of fused-ring (bicyclic) bond motifs is 1. The van der Waals surface area contributed by atoms with Gasteiger partial charge in [-0.2, -0.15) is 0 Å². The first-order chi connectivity index (χ1) is 13.7. The summed E-state index contributed by atoms with van der Waals surface area (Å²) in [6.07, 6.45) is 6.05. The number of amides is 1. The third kappa shape index (κ3) is 3.99. The highest BCUT2D eigenvalue weighted by molar-refractivity contribution is 5.92. The molecule has 1 aliphatic heterocycles. The molecule has 1 saturated heterocycles. The SMILES string of the molecule is CCN1CCN(c2cnc(C(=O)NCCc3c[nH]c4ccccc34)cn2)CC1. The van der Waals surface area contributed by atoms with Crippen molar-refractivity contribution in [3.8, 4) is 0 Å². The highest BCUT2D eigenvalue weighted by Crippen LogP contribution is 2.17. The van der Waals surface area contributed by atoms with E-state index in [0.717, 1.165) is 50.5 Å². The van der Waals surface area contributed by atoms with Gasteiger partial charge in [-0.25, -0.2) is 9.97 Å². The third-order valence-corrected chi connectivity index (χ3v) is 5.37. The minimum atomic E-state index is -0.185. The Morgan fingerprint density at radius 2 is 1.96 bits per heavy atom. The average Bonchev–Trinajstić information content (AvgIpc) is 3.17. The molecule has 0 radical (unpaired) electrons. The van der Waals surface area contributed by atoms with E-state index in [1.54, 1.807) is 12.4 Å². The van der Waals surface area contributed by atoms with E-state index in [1.165, 1.54) is 10.9 Å². The average molecular weight is 378 g/mol. The lowest BCUT2D eigenvalue weighted by Gasteiger charge is -2.34. The van der Waals surface area contributed by atoms with Gasteiger partial charge in [0, 0.05) is 49.8 Å². The summed E-state index contributed by atoms with van der Waals surface area (Å²) in [4.78, 5) is 29.0. The maximum Gasteiger partial charge on any atom is 0.271 e. The molecule has 1 aliphatic rings. The van der Waals surface area contributed by atoms with Crippen molar-refractivity contribution in [3.63, 3.8) is 0 Å². The van der Waals surface area contributed by atoms with Gasteiger partial charge in [-0.05, 0) is 24.6 Å². The normalized spacial score (nSPS) is 15.1. The van der Waals surface area contributed by atoms with Gasteiger partial charge in [0.2, 0.25) is 0 Å². The van der Waals surface area contributed by atoms with Gasteiger partial charge in [-0.1, -0.05) is 25.1 Å². The summed E-state index contributed by atoms with van der Waals surface area (Å²) < 4.78 is 0. The van der Waals surface area contributed by atoms with Crippen molar-refractivity contribution < 1.29 is 4.79 Å². The summed E-state index contributed by atoms with van der Waals surface area (Å²) in [5, 5.41) is 4.14. The number of nitrogens with zero attached hydrogens (tertiary/aromatic N) is 4. The summed E-state index contributed by atoms with van der Waals surface area (Å²) in [7, 11) is 0. The maximum atomic E-state index is 12.4. The second-order valence-corrected chi connectivity index (χ2v) is 7.05. The van der Waals surface area contributed by atoms with Gasteiger partial charge in [0.15, 0.2) is 0 Å². The molecule has 1 aromatic carbocycles. The van der Waals surface area contributed by atoms with Gasteiger partial charge in [-0.3, -0.25) is 4.79 Å². The van der Waals surface area contributed by atoms with Crippen LogP contribution in [0.5, 0.6) is 0 Å². The van der Waals surface area contributed by atoms with Crippen molar-refractivity contribution in [3.05, 3.63) is 54.1 Å². The molecule has 1 amide bonds. The van der Waals surface area contributed by atoms with Crippen molar-refractivity contribution >= 4 is 22.6 Å². The van der Waals surface area contributed by atoms with Crippen LogP contribution in [0.15, 0.2) is 42.9 Å². The molecule has 0 bridgehead atoms. The molecular formula is C21H26N6O. The molecule has 1 fully saturated rings. The molecule has 3 aromatic rings. The van der Waals surface area contributed by atoms with Crippen LogP contribution in [0.2, 0.25) is 0 Å². The number of aromatic nitrogens is 3. The fraction of sp³-hybridized carbons (Fsp3) is 0.381. The van der Waals surface area contributed by atoms with E-state index < -0.39 is 0 Å². The number of likely N-dealkylation sites (N-methyl/N-ethyl adjacent to an activating group) is 1. The summed E-state index contributed by atoms with van der Waals surface area (Å²) >= 11 is 0. The van der Waals surface area contributed by atoms with Crippen molar-refractivity contribution in [2.45, 2.75) is 13.3 Å². The number of aromatic amines is 1. The number of anilines is 1. The number of H-pyrrole nitrogens is 1. The number of benzene rings is 1. The third-order valence-electron chi connectivity index (χ3n) is 5.37. The number of nitrogens with one attached hydrogen (secondary N) is 2. The first kappa shape index (κ1) is 18.4. The lowest BCUT2D eigenvalue weighted by Crippen LogP contribution is -2.46. The summed E-state index contributed by atoms with van der Waals surface area (Å²) in [5.74, 6) is 0.654. The number of carbonyl (C=O) groups is 1. The lowest BCUT2D eigenvalue weighted by atomic mass is 10.1. The molecule has 28 heavy (non-hydrogen) atoms. The van der Waals surface area contributed by atoms with Crippen LogP contribution in [-0.2, 0) is 6.42 Å². The van der Waals surface area contributed by atoms with E-state index in [4.69, 9.17) is 0 Å². The quantitative estimate of drug-likeness (QED) is 0.687. The monoisotopic (exact) mass is 378 g/mol. The smallest absolute Gasteiger partial charge is 0.271 e. The Morgan fingerprint density at radius 3 is 2.71 bits per heavy atom. The molecule has 146 valence electrons. The molecule has 0 unspecified atom stereocenters. The molecule has 2 aromatic heterocycles. The zero-order chi connectivity index (χ0) is 19.3. The minimum absolute atomic E-state index is 0.185. The summed E-state index contributed by atoms with van der Waals surface area (Å²) in [6, 6.07) is 8.18. The molecule has 3 heterocycles. The number of piperazine rings is 1. The van der Waals surface area contributed by atoms with Crippen LogP contribution in [0.4, 0.5) is 5.82 Å². The van der Waals surface area contributed by atoms with Crippen LogP contribution in [0, 0.1) is 0 Å². The van der Waals surface area contributed by atoms with E-state index in [-0.39, 0.29) is 5.91 Å². The van der Waals surface area contributed by atoms with E-state index in [9.17, 15) is 4.79 Å². The van der Waals surface area contributed by atoms with Crippen LogP contribution in [0.1, 0.15) is 23.0 Å². The van der Waals surface area contributed by atoms with E-state index in [2.05, 4.69) is 49.1 Å². The van der Waals surface area contributed by atoms with Crippen molar-refractivity contribution in [2.75, 3.05) is 44.2 Å². The number of carbonyl (C=O) groups excluding carboxylic acids is 1. The Morgan fingerprint density at radius 1 is 1.14 bits per heavy atom. The first-order valence-electron chi connectivity index (χ1n) is 9.87. The minimum Gasteiger partial charge on any atom is -0.361 e. The van der Waals surface area contributed by atoms with Crippen LogP contribution >= 0.6 is 0 Å². The number of rotatable bonds is 6. The van der Waals surface area contributed by atoms with Gasteiger partial charge in [-0.15, -0.1) is 0 Å². The Hall–Kier alpha value is -2.93. The van der Waals surface area contributed by atoms with Gasteiger partial charge >= 0.3 is 0 Å². The van der Waals surface area contributed by atoms with Crippen LogP contribution < -0.4 is 10.2 Å². The van der Waals surface area contributed by atoms with Crippen LogP contribution in [0.3, 0.4) is 0 Å². The Labute approximate surface area is 164 Å². The predicted molar refractivity (Wildman–Crippen MR) is 111 cm³/mol. The van der Waals surface area contributed by atoms with Crippen molar-refractivity contribution in [1.29, 1.82) is 0 Å². The van der Waals surface area contributed by atoms with Gasteiger partial charge in [0.05, 0.1) is 12.4 Å². The molecule has 0 spiro atoms. The van der Waals surface area contributed by atoms with Crippen molar-refractivity contribution in [1.82, 2.24) is 25.2 Å². The zero-order valence-electron chi connectivity index (χ0n) is 16.2. The first-order valence-corrected chi connectivity index (χ1v) is 9.87. The van der Waals surface area contributed by atoms with Crippen LogP contribution in [-0.4, -0.2) is 65.0 Å². The number of hydrogen-bond donors (Lipinski definition) is 2. The summed E-state index contributed by atoms with van der Waals surface area (Å²) in [6.45, 7) is 7.78. The van der Waals surface area contributed by atoms with Crippen molar-refractivity contribution in [2.24, 2.45) is 0 Å². The standard InChI is InChI=1S/C21H26N6O/c1-2-26-9-11-27(12-10-26)20-15-24-19(14-25-20)21(28)22-8-7-16-13-23-18-6-4-3-5-17(16)18/h3-6,13-15,23H,2,7-12H2,1H3,(H,22,28).